The first-order valence-electron chi connectivity index (χ1n) is 9.72. The van der Waals surface area contributed by atoms with Gasteiger partial charge >= 0.3 is 6.18 Å². The van der Waals surface area contributed by atoms with Crippen LogP contribution in [0.2, 0.25) is 0 Å². The van der Waals surface area contributed by atoms with Crippen molar-refractivity contribution in [2.45, 2.75) is 30.5 Å². The minimum Gasteiger partial charge on any atom is -0.376 e. The Morgan fingerprint density at radius 1 is 0.935 bits per heavy atom. The van der Waals surface area contributed by atoms with Gasteiger partial charge in [-0.25, -0.2) is 4.68 Å². The Labute approximate surface area is 182 Å². The molecule has 0 radical (unpaired) electrons. The van der Waals surface area contributed by atoms with Crippen molar-refractivity contribution >= 4 is 22.7 Å². The molecule has 0 fully saturated rings. The van der Waals surface area contributed by atoms with Crippen LogP contribution in [-0.2, 0) is 5.60 Å². The normalized spacial score (nSPS) is 14.0. The number of thioether (sulfide) groups is 1. The first-order valence-corrected chi connectivity index (χ1v) is 10.7. The molecule has 0 aliphatic rings. The number of benzene rings is 3. The topological polar surface area (TPSA) is 38.1 Å². The number of rotatable bonds is 5. The molecule has 0 spiro atoms. The summed E-state index contributed by atoms with van der Waals surface area (Å²) in [5.74, 6) is -0.544. The molecule has 1 unspecified atom stereocenters. The molecular weight excluding hydrogens is 421 g/mol. The summed E-state index contributed by atoms with van der Waals surface area (Å²) in [7, 11) is 0. The van der Waals surface area contributed by atoms with Gasteiger partial charge in [-0.2, -0.15) is 18.3 Å². The van der Waals surface area contributed by atoms with Gasteiger partial charge in [-0.1, -0.05) is 30.3 Å². The summed E-state index contributed by atoms with van der Waals surface area (Å²) in [6.45, 7) is 3.86. The number of hydrogen-bond acceptors (Lipinski definition) is 3. The van der Waals surface area contributed by atoms with Crippen LogP contribution in [0.1, 0.15) is 16.7 Å². The van der Waals surface area contributed by atoms with Gasteiger partial charge in [0.05, 0.1) is 17.4 Å². The predicted molar refractivity (Wildman–Crippen MR) is 118 cm³/mol. The van der Waals surface area contributed by atoms with E-state index in [2.05, 4.69) is 5.10 Å². The zero-order chi connectivity index (χ0) is 22.2. The van der Waals surface area contributed by atoms with Crippen LogP contribution in [0.4, 0.5) is 13.2 Å². The summed E-state index contributed by atoms with van der Waals surface area (Å²) in [4.78, 5) is 0.684. The molecule has 0 saturated carbocycles. The van der Waals surface area contributed by atoms with E-state index in [1.807, 2.05) is 56.3 Å². The van der Waals surface area contributed by atoms with E-state index in [-0.39, 0.29) is 5.56 Å². The van der Waals surface area contributed by atoms with Crippen molar-refractivity contribution in [2.75, 3.05) is 5.75 Å². The Morgan fingerprint density at radius 2 is 1.68 bits per heavy atom. The van der Waals surface area contributed by atoms with Gasteiger partial charge in [-0.15, -0.1) is 11.8 Å². The maximum absolute atomic E-state index is 14.0. The van der Waals surface area contributed by atoms with E-state index in [1.54, 1.807) is 16.8 Å². The molecule has 0 aliphatic heterocycles. The highest BCUT2D eigenvalue weighted by molar-refractivity contribution is 7.99. The van der Waals surface area contributed by atoms with Gasteiger partial charge in [-0.3, -0.25) is 0 Å². The van der Waals surface area contributed by atoms with Gasteiger partial charge < -0.3 is 5.11 Å². The van der Waals surface area contributed by atoms with E-state index in [4.69, 9.17) is 0 Å². The first kappa shape index (κ1) is 21.5. The third kappa shape index (κ3) is 4.07. The van der Waals surface area contributed by atoms with Gasteiger partial charge in [0, 0.05) is 16.0 Å². The average Bonchev–Trinajstić information content (AvgIpc) is 3.17. The van der Waals surface area contributed by atoms with E-state index in [9.17, 15) is 18.3 Å². The fraction of sp³-hybridized carbons (Fsp3) is 0.208. The maximum Gasteiger partial charge on any atom is 0.422 e. The van der Waals surface area contributed by atoms with E-state index in [0.29, 0.717) is 15.8 Å². The highest BCUT2D eigenvalue weighted by atomic mass is 32.2. The van der Waals surface area contributed by atoms with Crippen LogP contribution in [0.5, 0.6) is 0 Å². The number of aliphatic hydroxyl groups is 1. The Hall–Kier alpha value is -2.77. The molecule has 0 saturated heterocycles. The third-order valence-corrected chi connectivity index (χ3v) is 6.59. The minimum atomic E-state index is -4.83. The zero-order valence-corrected chi connectivity index (χ0v) is 17.8. The molecule has 3 aromatic carbocycles. The number of aromatic nitrogens is 2. The summed E-state index contributed by atoms with van der Waals surface area (Å²) in [6, 6.07) is 19.1. The predicted octanol–water partition coefficient (Wildman–Crippen LogP) is 6.18. The van der Waals surface area contributed by atoms with Crippen molar-refractivity contribution in [3.05, 3.63) is 89.6 Å². The van der Waals surface area contributed by atoms with Crippen molar-refractivity contribution in [1.82, 2.24) is 9.78 Å². The number of halogens is 3. The van der Waals surface area contributed by atoms with Crippen LogP contribution in [0.3, 0.4) is 0 Å². The van der Waals surface area contributed by atoms with Crippen LogP contribution >= 0.6 is 11.8 Å². The summed E-state index contributed by atoms with van der Waals surface area (Å²) >= 11 is 0.989. The van der Waals surface area contributed by atoms with Crippen molar-refractivity contribution in [2.24, 2.45) is 0 Å². The Kier molecular flexibility index (Phi) is 5.58. The van der Waals surface area contributed by atoms with Crippen molar-refractivity contribution in [3.63, 3.8) is 0 Å². The van der Waals surface area contributed by atoms with Gasteiger partial charge in [0.2, 0.25) is 0 Å². The third-order valence-electron chi connectivity index (χ3n) is 5.44. The van der Waals surface area contributed by atoms with Gasteiger partial charge in [0.25, 0.3) is 0 Å². The Bertz CT molecular complexity index is 1220. The van der Waals surface area contributed by atoms with Crippen molar-refractivity contribution in [1.29, 1.82) is 0 Å². The number of aryl methyl sites for hydroxylation is 2. The summed E-state index contributed by atoms with van der Waals surface area (Å²) in [5.41, 5.74) is 0.352. The SMILES string of the molecule is Cc1ccc(SCC(O)(c2ccc3c(cnn3-c3ccccc3)c2)C(F)(F)F)cc1C. The molecule has 4 aromatic rings. The highest BCUT2D eigenvalue weighted by Crippen LogP contribution is 2.43. The fourth-order valence-electron chi connectivity index (χ4n) is 3.39. The monoisotopic (exact) mass is 442 g/mol. The quantitative estimate of drug-likeness (QED) is 0.375. The largest absolute Gasteiger partial charge is 0.422 e. The molecule has 31 heavy (non-hydrogen) atoms. The van der Waals surface area contributed by atoms with Crippen LogP contribution in [-0.4, -0.2) is 26.8 Å². The summed E-state index contributed by atoms with van der Waals surface area (Å²) in [5, 5.41) is 15.7. The molecular formula is C24H21F3N2OS. The molecule has 0 aliphatic carbocycles. The van der Waals surface area contributed by atoms with Crippen LogP contribution in [0.15, 0.2) is 77.8 Å². The second-order valence-electron chi connectivity index (χ2n) is 7.56. The van der Waals surface area contributed by atoms with Gasteiger partial charge in [0.15, 0.2) is 5.60 Å². The maximum atomic E-state index is 14.0. The number of nitrogens with zero attached hydrogens (tertiary/aromatic N) is 2. The molecule has 0 amide bonds. The molecule has 160 valence electrons. The molecule has 3 nitrogen and oxygen atoms in total. The number of fused-ring (bicyclic) bond motifs is 1. The second-order valence-corrected chi connectivity index (χ2v) is 8.61. The lowest BCUT2D eigenvalue weighted by molar-refractivity contribution is -0.256. The van der Waals surface area contributed by atoms with Gasteiger partial charge in [-0.05, 0) is 66.9 Å². The molecule has 0 bridgehead atoms. The Morgan fingerprint density at radius 3 is 2.35 bits per heavy atom. The second kappa shape index (κ2) is 8.05. The Balaban J connectivity index is 1.69. The van der Waals surface area contributed by atoms with E-state index in [0.717, 1.165) is 28.6 Å². The van der Waals surface area contributed by atoms with E-state index >= 15 is 0 Å². The lowest BCUT2D eigenvalue weighted by atomic mass is 9.94. The molecule has 4 rings (SSSR count). The van der Waals surface area contributed by atoms with Crippen LogP contribution in [0, 0.1) is 13.8 Å². The van der Waals surface area contributed by atoms with Crippen LogP contribution in [0.25, 0.3) is 16.6 Å². The van der Waals surface area contributed by atoms with Crippen molar-refractivity contribution < 1.29 is 18.3 Å². The number of hydrogen-bond donors (Lipinski definition) is 1. The number of alkyl halides is 3. The first-order chi connectivity index (χ1) is 14.7. The minimum absolute atomic E-state index is 0.198. The average molecular weight is 443 g/mol. The van der Waals surface area contributed by atoms with E-state index < -0.39 is 17.5 Å². The van der Waals surface area contributed by atoms with Crippen molar-refractivity contribution in [3.8, 4) is 5.69 Å². The number of para-hydroxylation sites is 1. The summed E-state index contributed by atoms with van der Waals surface area (Å²) < 4.78 is 43.7. The summed E-state index contributed by atoms with van der Waals surface area (Å²) in [6.07, 6.45) is -3.32. The van der Waals surface area contributed by atoms with Gasteiger partial charge in [0.1, 0.15) is 0 Å². The zero-order valence-electron chi connectivity index (χ0n) is 17.0. The molecule has 7 heteroatoms. The molecule has 1 aromatic heterocycles. The molecule has 1 atom stereocenters. The van der Waals surface area contributed by atoms with E-state index in [1.165, 1.54) is 18.3 Å². The molecule has 1 N–H and O–H groups in total. The van der Waals surface area contributed by atoms with Crippen LogP contribution < -0.4 is 0 Å². The molecule has 1 heterocycles. The highest BCUT2D eigenvalue weighted by Gasteiger charge is 2.55. The fourth-order valence-corrected chi connectivity index (χ4v) is 4.52. The standard InChI is InChI=1S/C24H21F3N2OS/c1-16-8-10-21(12-17(16)2)31-15-23(30,24(25,26)27)19-9-11-22-18(13-19)14-28-29(22)20-6-4-3-5-7-20/h3-14,30H,15H2,1-2H3. The lowest BCUT2D eigenvalue weighted by Gasteiger charge is -2.31. The smallest absolute Gasteiger partial charge is 0.376 e. The lowest BCUT2D eigenvalue weighted by Crippen LogP contribution is -2.44.